The summed E-state index contributed by atoms with van der Waals surface area (Å²) >= 11 is 3.51. The summed E-state index contributed by atoms with van der Waals surface area (Å²) in [5, 5.41) is 7.33. The van der Waals surface area contributed by atoms with Crippen LogP contribution in [0.2, 0.25) is 0 Å². The molecule has 5 nitrogen and oxygen atoms in total. The molecule has 0 aliphatic heterocycles. The Morgan fingerprint density at radius 2 is 1.77 bits per heavy atom. The van der Waals surface area contributed by atoms with Gasteiger partial charge in [0, 0.05) is 0 Å². The lowest BCUT2D eigenvalue weighted by Crippen LogP contribution is -2.16. The van der Waals surface area contributed by atoms with Crippen LogP contribution >= 0.6 is 15.9 Å². The van der Waals surface area contributed by atoms with Gasteiger partial charge in [0.25, 0.3) is 0 Å². The molecule has 1 heterocycles. The van der Waals surface area contributed by atoms with Gasteiger partial charge < -0.3 is 4.74 Å². The average Bonchev–Trinajstić information content (AvgIpc) is 2.88. The number of carbonyl (C=O) groups excluding carboxylic acids is 1. The Labute approximate surface area is 161 Å². The minimum absolute atomic E-state index is 0.209. The topological polar surface area (TPSA) is 56.2 Å². The van der Waals surface area contributed by atoms with Crippen molar-refractivity contribution < 1.29 is 9.53 Å². The fourth-order valence-corrected chi connectivity index (χ4v) is 3.08. The van der Waals surface area contributed by atoms with Crippen LogP contribution in [0.4, 0.5) is 10.6 Å². The third-order valence-corrected chi connectivity index (χ3v) is 4.82. The number of halogens is 1. The first-order valence-corrected chi connectivity index (χ1v) is 9.05. The van der Waals surface area contributed by atoms with Crippen molar-refractivity contribution in [2.75, 3.05) is 5.32 Å². The largest absolute Gasteiger partial charge is 0.444 e. The highest BCUT2D eigenvalue weighted by Crippen LogP contribution is 2.29. The highest BCUT2D eigenvalue weighted by molar-refractivity contribution is 9.10. The van der Waals surface area contributed by atoms with E-state index >= 15 is 0 Å². The minimum atomic E-state index is -0.528. The number of ether oxygens (including phenoxy) is 1. The number of carbonyl (C=O) groups is 1. The zero-order valence-corrected chi connectivity index (χ0v) is 16.5. The summed E-state index contributed by atoms with van der Waals surface area (Å²) in [4.78, 5) is 12.3. The van der Waals surface area contributed by atoms with Crippen molar-refractivity contribution in [3.8, 4) is 5.69 Å². The van der Waals surface area contributed by atoms with Crippen LogP contribution in [0.1, 0.15) is 22.4 Å². The zero-order chi connectivity index (χ0) is 18.7. The summed E-state index contributed by atoms with van der Waals surface area (Å²) in [5.41, 5.74) is 4.85. The van der Waals surface area contributed by atoms with Crippen LogP contribution in [-0.4, -0.2) is 15.9 Å². The van der Waals surface area contributed by atoms with Crippen molar-refractivity contribution in [1.29, 1.82) is 0 Å². The van der Waals surface area contributed by atoms with Gasteiger partial charge in [0.15, 0.2) is 5.82 Å². The van der Waals surface area contributed by atoms with Crippen molar-refractivity contribution in [3.63, 3.8) is 0 Å². The van der Waals surface area contributed by atoms with Gasteiger partial charge in [-0.25, -0.2) is 9.48 Å². The van der Waals surface area contributed by atoms with Gasteiger partial charge in [-0.15, -0.1) is 0 Å². The van der Waals surface area contributed by atoms with E-state index in [1.165, 1.54) is 0 Å². The molecule has 0 fully saturated rings. The predicted molar refractivity (Wildman–Crippen MR) is 106 cm³/mol. The number of nitrogens with zero attached hydrogens (tertiary/aromatic N) is 2. The summed E-state index contributed by atoms with van der Waals surface area (Å²) in [7, 11) is 0. The number of hydrogen-bond donors (Lipinski definition) is 1. The molecular weight excluding hydrogens is 394 g/mol. The van der Waals surface area contributed by atoms with Crippen LogP contribution in [0.5, 0.6) is 0 Å². The third kappa shape index (κ3) is 4.14. The quantitative estimate of drug-likeness (QED) is 0.630. The molecule has 2 aromatic carbocycles. The smallest absolute Gasteiger partial charge is 0.413 e. The lowest BCUT2D eigenvalue weighted by atomic mass is 10.1. The molecule has 0 spiro atoms. The highest BCUT2D eigenvalue weighted by Gasteiger charge is 2.18. The Morgan fingerprint density at radius 1 is 1.12 bits per heavy atom. The van der Waals surface area contributed by atoms with Gasteiger partial charge in [-0.1, -0.05) is 36.4 Å². The molecule has 26 heavy (non-hydrogen) atoms. The summed E-state index contributed by atoms with van der Waals surface area (Å²) in [5.74, 6) is 0.547. The molecule has 0 unspecified atom stereocenters. The lowest BCUT2D eigenvalue weighted by Gasteiger charge is -2.11. The monoisotopic (exact) mass is 413 g/mol. The van der Waals surface area contributed by atoms with Gasteiger partial charge in [-0.05, 0) is 65.5 Å². The number of rotatable bonds is 4. The van der Waals surface area contributed by atoms with Crippen LogP contribution in [-0.2, 0) is 11.3 Å². The second-order valence-electron chi connectivity index (χ2n) is 6.19. The van der Waals surface area contributed by atoms with Crippen molar-refractivity contribution in [2.24, 2.45) is 0 Å². The van der Waals surface area contributed by atoms with Gasteiger partial charge in [0.2, 0.25) is 0 Å². The molecule has 6 heteroatoms. The third-order valence-electron chi connectivity index (χ3n) is 3.87. The van der Waals surface area contributed by atoms with Gasteiger partial charge >= 0.3 is 6.09 Å². The second-order valence-corrected chi connectivity index (χ2v) is 6.99. The molecule has 3 rings (SSSR count). The molecule has 1 aromatic heterocycles. The predicted octanol–water partition coefficient (Wildman–Crippen LogP) is 5.31. The van der Waals surface area contributed by atoms with E-state index < -0.39 is 6.09 Å². The maximum atomic E-state index is 12.3. The first kappa shape index (κ1) is 18.2. The molecule has 1 amide bonds. The Bertz CT molecular complexity index is 915. The molecule has 0 aliphatic carbocycles. The van der Waals surface area contributed by atoms with Crippen molar-refractivity contribution in [1.82, 2.24) is 9.78 Å². The van der Waals surface area contributed by atoms with E-state index in [-0.39, 0.29) is 6.61 Å². The number of anilines is 1. The first-order valence-electron chi connectivity index (χ1n) is 8.25. The first-order chi connectivity index (χ1) is 12.4. The second kappa shape index (κ2) is 7.74. The van der Waals surface area contributed by atoms with E-state index in [1.54, 1.807) is 4.68 Å². The Hall–Kier alpha value is -2.60. The molecule has 0 saturated heterocycles. The Kier molecular flexibility index (Phi) is 5.42. The van der Waals surface area contributed by atoms with E-state index in [4.69, 9.17) is 4.74 Å². The molecule has 0 atom stereocenters. The minimum Gasteiger partial charge on any atom is -0.444 e. The molecular formula is C20H20BrN3O2. The Morgan fingerprint density at radius 3 is 2.42 bits per heavy atom. The van der Waals surface area contributed by atoms with Crippen molar-refractivity contribution in [3.05, 3.63) is 75.4 Å². The van der Waals surface area contributed by atoms with Gasteiger partial charge in [0.05, 0.1) is 15.9 Å². The Balaban J connectivity index is 1.82. The SMILES string of the molecule is Cc1cc(C)cc(-n2nc(C)c(Br)c2NC(=O)OCc2ccccc2)c1. The van der Waals surface area contributed by atoms with Crippen LogP contribution in [0, 0.1) is 20.8 Å². The number of amides is 1. The number of benzene rings is 2. The average molecular weight is 414 g/mol. The van der Waals surface area contributed by atoms with Gasteiger partial charge in [0.1, 0.15) is 6.61 Å². The van der Waals surface area contributed by atoms with Crippen LogP contribution in [0.25, 0.3) is 5.69 Å². The van der Waals surface area contributed by atoms with E-state index in [0.717, 1.165) is 32.5 Å². The fourth-order valence-electron chi connectivity index (χ4n) is 2.73. The molecule has 0 radical (unpaired) electrons. The summed E-state index contributed by atoms with van der Waals surface area (Å²) < 4.78 is 7.76. The van der Waals surface area contributed by atoms with E-state index in [0.29, 0.717) is 5.82 Å². The molecule has 0 bridgehead atoms. The number of aryl methyl sites for hydroxylation is 3. The van der Waals surface area contributed by atoms with Crippen LogP contribution in [0.15, 0.2) is 53.0 Å². The summed E-state index contributed by atoms with van der Waals surface area (Å²) in [6.45, 7) is 6.15. The van der Waals surface area contributed by atoms with E-state index in [9.17, 15) is 4.79 Å². The van der Waals surface area contributed by atoms with E-state index in [2.05, 4.69) is 32.4 Å². The number of nitrogens with one attached hydrogen (secondary N) is 1. The standard InChI is InChI=1S/C20H20BrN3O2/c1-13-9-14(2)11-17(10-13)24-19(18(21)15(3)23-24)22-20(25)26-12-16-7-5-4-6-8-16/h4-11H,12H2,1-3H3,(H,22,25). The number of hydrogen-bond acceptors (Lipinski definition) is 3. The van der Waals surface area contributed by atoms with Crippen LogP contribution in [0.3, 0.4) is 0 Å². The molecule has 134 valence electrons. The van der Waals surface area contributed by atoms with Gasteiger partial charge in [-0.3, -0.25) is 5.32 Å². The van der Waals surface area contributed by atoms with Crippen molar-refractivity contribution in [2.45, 2.75) is 27.4 Å². The summed E-state index contributed by atoms with van der Waals surface area (Å²) in [6.07, 6.45) is -0.528. The maximum absolute atomic E-state index is 12.3. The molecule has 0 saturated carbocycles. The number of aromatic nitrogens is 2. The lowest BCUT2D eigenvalue weighted by molar-refractivity contribution is 0.155. The van der Waals surface area contributed by atoms with Crippen molar-refractivity contribution >= 4 is 27.8 Å². The fraction of sp³-hybridized carbons (Fsp3) is 0.200. The maximum Gasteiger partial charge on any atom is 0.413 e. The molecule has 1 N–H and O–H groups in total. The van der Waals surface area contributed by atoms with Crippen LogP contribution < -0.4 is 5.32 Å². The van der Waals surface area contributed by atoms with E-state index in [1.807, 2.05) is 63.2 Å². The molecule has 0 aliphatic rings. The summed E-state index contributed by atoms with van der Waals surface area (Å²) in [6, 6.07) is 15.7. The highest BCUT2D eigenvalue weighted by atomic mass is 79.9. The normalized spacial score (nSPS) is 10.6. The molecule has 3 aromatic rings. The zero-order valence-electron chi connectivity index (χ0n) is 14.9. The van der Waals surface area contributed by atoms with Gasteiger partial charge in [-0.2, -0.15) is 5.10 Å².